The zero-order valence-electron chi connectivity index (χ0n) is 17.3. The third-order valence-corrected chi connectivity index (χ3v) is 8.05. The molecule has 5 aromatic rings. The van der Waals surface area contributed by atoms with E-state index in [1.165, 1.54) is 28.0 Å². The lowest BCUT2D eigenvalue weighted by Crippen LogP contribution is -2.05. The summed E-state index contributed by atoms with van der Waals surface area (Å²) in [5.74, 6) is 1.63. The van der Waals surface area contributed by atoms with Gasteiger partial charge in [0.15, 0.2) is 23.0 Å². The van der Waals surface area contributed by atoms with Gasteiger partial charge in [-0.15, -0.1) is 16.4 Å². The van der Waals surface area contributed by atoms with Crippen LogP contribution >= 0.6 is 27.3 Å². The van der Waals surface area contributed by atoms with Crippen LogP contribution in [0.5, 0.6) is 11.5 Å². The molecule has 0 amide bonds. The van der Waals surface area contributed by atoms with Crippen molar-refractivity contribution in [1.82, 2.24) is 19.8 Å². The van der Waals surface area contributed by atoms with E-state index in [0.717, 1.165) is 9.17 Å². The molecular weight excluding hydrogens is 530 g/mol. The van der Waals surface area contributed by atoms with Crippen LogP contribution in [-0.4, -0.2) is 42.4 Å². The molecule has 2 aromatic carbocycles. The van der Waals surface area contributed by atoms with Crippen LogP contribution in [-0.2, 0) is 9.84 Å². The Hall–Kier alpha value is -3.22. The summed E-state index contributed by atoms with van der Waals surface area (Å²) in [6.45, 7) is 0. The van der Waals surface area contributed by atoms with E-state index in [1.807, 2.05) is 17.5 Å². The molecule has 5 rings (SSSR count). The molecule has 3 aromatic heterocycles. The van der Waals surface area contributed by atoms with Crippen molar-refractivity contribution < 1.29 is 17.9 Å². The average molecular weight is 546 g/mol. The predicted octanol–water partition coefficient (Wildman–Crippen LogP) is 4.70. The summed E-state index contributed by atoms with van der Waals surface area (Å²) < 4.78 is 40.3. The van der Waals surface area contributed by atoms with Crippen molar-refractivity contribution in [3.63, 3.8) is 0 Å². The van der Waals surface area contributed by atoms with Gasteiger partial charge in [-0.3, -0.25) is 0 Å². The Morgan fingerprint density at radius 2 is 1.79 bits per heavy atom. The van der Waals surface area contributed by atoms with Gasteiger partial charge in [0, 0.05) is 16.2 Å². The number of nitrogens with zero attached hydrogens (tertiary/aromatic N) is 4. The first kappa shape index (κ1) is 21.6. The van der Waals surface area contributed by atoms with Gasteiger partial charge in [-0.1, -0.05) is 21.1 Å². The van der Waals surface area contributed by atoms with Crippen molar-refractivity contribution in [3.05, 3.63) is 58.4 Å². The van der Waals surface area contributed by atoms with Gasteiger partial charge in [0.1, 0.15) is 0 Å². The molecule has 168 valence electrons. The Morgan fingerprint density at radius 1 is 1.03 bits per heavy atom. The van der Waals surface area contributed by atoms with E-state index in [4.69, 9.17) is 9.47 Å². The molecule has 0 radical (unpaired) electrons. The Labute approximate surface area is 201 Å². The van der Waals surface area contributed by atoms with Gasteiger partial charge < -0.3 is 14.8 Å². The fourth-order valence-electron chi connectivity index (χ4n) is 3.36. The van der Waals surface area contributed by atoms with E-state index in [0.29, 0.717) is 28.5 Å². The van der Waals surface area contributed by atoms with Crippen LogP contribution < -0.4 is 14.8 Å². The number of fused-ring (bicyclic) bond motifs is 3. The van der Waals surface area contributed by atoms with Crippen molar-refractivity contribution in [2.45, 2.75) is 9.92 Å². The number of sulfone groups is 1. The monoisotopic (exact) mass is 545 g/mol. The van der Waals surface area contributed by atoms with E-state index in [1.54, 1.807) is 38.5 Å². The summed E-state index contributed by atoms with van der Waals surface area (Å²) in [5, 5.41) is 13.0. The van der Waals surface area contributed by atoms with Crippen LogP contribution in [0.15, 0.2) is 68.3 Å². The van der Waals surface area contributed by atoms with Crippen molar-refractivity contribution in [1.29, 1.82) is 0 Å². The number of hydrogen-bond donors (Lipinski definition) is 1. The summed E-state index contributed by atoms with van der Waals surface area (Å²) in [6.07, 6.45) is 0. The van der Waals surface area contributed by atoms with Gasteiger partial charge >= 0.3 is 0 Å². The van der Waals surface area contributed by atoms with Gasteiger partial charge in [-0.05, 0) is 47.8 Å². The number of nitrogens with one attached hydrogen (secondary N) is 1. The molecule has 9 nitrogen and oxygen atoms in total. The highest BCUT2D eigenvalue weighted by molar-refractivity contribution is 9.10. The van der Waals surface area contributed by atoms with Gasteiger partial charge in [-0.25, -0.2) is 13.4 Å². The van der Waals surface area contributed by atoms with E-state index >= 15 is 0 Å². The Balaban J connectivity index is 1.66. The summed E-state index contributed by atoms with van der Waals surface area (Å²) in [7, 11) is -0.817. The van der Waals surface area contributed by atoms with Crippen molar-refractivity contribution in [3.8, 4) is 11.5 Å². The number of hydrogen-bond acceptors (Lipinski definition) is 9. The number of halogens is 1. The van der Waals surface area contributed by atoms with E-state index in [2.05, 4.69) is 36.5 Å². The normalized spacial score (nSPS) is 11.7. The van der Waals surface area contributed by atoms with Gasteiger partial charge in [0.2, 0.25) is 14.9 Å². The molecule has 3 heterocycles. The highest BCUT2D eigenvalue weighted by atomic mass is 79.9. The second-order valence-corrected chi connectivity index (χ2v) is 10.6. The molecule has 1 N–H and O–H groups in total. The first-order valence-electron chi connectivity index (χ1n) is 9.54. The Morgan fingerprint density at radius 3 is 2.52 bits per heavy atom. The number of thiophene rings is 1. The average Bonchev–Trinajstić information content (AvgIpc) is 3.47. The van der Waals surface area contributed by atoms with E-state index in [9.17, 15) is 8.42 Å². The predicted molar refractivity (Wildman–Crippen MR) is 129 cm³/mol. The summed E-state index contributed by atoms with van der Waals surface area (Å²) in [6, 6.07) is 13.6. The fourth-order valence-corrected chi connectivity index (χ4v) is 5.67. The molecule has 0 unspecified atom stereocenters. The van der Waals surface area contributed by atoms with Crippen LogP contribution in [0.25, 0.3) is 15.9 Å². The number of benzene rings is 2. The quantitative estimate of drug-likeness (QED) is 0.327. The molecule has 0 aliphatic rings. The highest BCUT2D eigenvalue weighted by Gasteiger charge is 2.27. The lowest BCUT2D eigenvalue weighted by Gasteiger charge is -2.12. The minimum Gasteiger partial charge on any atom is -0.493 e. The maximum absolute atomic E-state index is 13.3. The van der Waals surface area contributed by atoms with Crippen LogP contribution in [0.1, 0.15) is 0 Å². The molecule has 12 heteroatoms. The van der Waals surface area contributed by atoms with Crippen LogP contribution in [0.3, 0.4) is 0 Å². The lowest BCUT2D eigenvalue weighted by molar-refractivity contribution is 0.355. The van der Waals surface area contributed by atoms with Gasteiger partial charge in [-0.2, -0.15) is 4.52 Å². The maximum Gasteiger partial charge on any atom is 0.229 e. The van der Waals surface area contributed by atoms with Crippen LogP contribution in [0, 0.1) is 0 Å². The molecule has 0 atom stereocenters. The van der Waals surface area contributed by atoms with Gasteiger partial charge in [0.05, 0.1) is 29.3 Å². The Bertz CT molecular complexity index is 1600. The number of ether oxygens (including phenoxy) is 2. The number of methoxy groups -OCH3 is 2. The second kappa shape index (κ2) is 8.28. The summed E-state index contributed by atoms with van der Waals surface area (Å²) in [4.78, 5) is 4.72. The van der Waals surface area contributed by atoms with Crippen molar-refractivity contribution >= 4 is 64.5 Å². The van der Waals surface area contributed by atoms with E-state index < -0.39 is 9.84 Å². The minimum atomic E-state index is -3.94. The second-order valence-electron chi connectivity index (χ2n) is 6.88. The number of rotatable bonds is 6. The zero-order chi connectivity index (χ0) is 23.2. The minimum absolute atomic E-state index is 0.106. The topological polar surface area (TPSA) is 108 Å². The largest absolute Gasteiger partial charge is 0.493 e. The van der Waals surface area contributed by atoms with Crippen molar-refractivity contribution in [2.75, 3.05) is 19.5 Å². The molecule has 0 saturated carbocycles. The molecule has 0 bridgehead atoms. The zero-order valence-corrected chi connectivity index (χ0v) is 20.5. The third-order valence-electron chi connectivity index (χ3n) is 4.95. The van der Waals surface area contributed by atoms with Crippen molar-refractivity contribution in [2.24, 2.45) is 0 Å². The first-order valence-corrected chi connectivity index (χ1v) is 12.7. The molecule has 33 heavy (non-hydrogen) atoms. The molecule has 0 aliphatic heterocycles. The standard InChI is InChI=1S/C21H16BrN5O4S2/c1-30-16-8-5-13(11-17(16)31-2)23-19-18-15(9-10-32-18)27-20(24-19)21(25-26-27)33(28,29)14-6-3-12(22)4-7-14/h3-11H,1-2H3,(H,23,24). The molecular formula is C21H16BrN5O4S2. The number of anilines is 2. The smallest absolute Gasteiger partial charge is 0.229 e. The van der Waals surface area contributed by atoms with E-state index in [-0.39, 0.29) is 15.6 Å². The molecule has 0 saturated heterocycles. The first-order chi connectivity index (χ1) is 15.9. The van der Waals surface area contributed by atoms with Crippen LogP contribution in [0.4, 0.5) is 11.5 Å². The fraction of sp³-hybridized carbons (Fsp3) is 0.0952. The number of aromatic nitrogens is 4. The van der Waals surface area contributed by atoms with Crippen LogP contribution in [0.2, 0.25) is 0 Å². The van der Waals surface area contributed by atoms with Gasteiger partial charge in [0.25, 0.3) is 0 Å². The third kappa shape index (κ3) is 3.69. The highest BCUT2D eigenvalue weighted by Crippen LogP contribution is 2.35. The molecule has 0 fully saturated rings. The SMILES string of the molecule is COc1ccc(Nc2nc3c(S(=O)(=O)c4ccc(Br)cc4)nnn3c3ccsc23)cc1OC. The summed E-state index contributed by atoms with van der Waals surface area (Å²) >= 11 is 4.78. The maximum atomic E-state index is 13.3. The summed E-state index contributed by atoms with van der Waals surface area (Å²) in [5.41, 5.74) is 1.52. The Kier molecular flexibility index (Phi) is 5.43. The lowest BCUT2D eigenvalue weighted by atomic mass is 10.2. The molecule has 0 spiro atoms. The molecule has 0 aliphatic carbocycles.